The summed E-state index contributed by atoms with van der Waals surface area (Å²) in [5.74, 6) is -0.761. The number of likely N-dealkylation sites (tertiary alicyclic amines) is 1. The van der Waals surface area contributed by atoms with Crippen LogP contribution in [-0.4, -0.2) is 66.9 Å². The molecule has 2 unspecified atom stereocenters. The highest BCUT2D eigenvalue weighted by molar-refractivity contribution is 5.99. The van der Waals surface area contributed by atoms with Crippen molar-refractivity contribution < 1.29 is 19.1 Å². The molecule has 2 aliphatic rings. The summed E-state index contributed by atoms with van der Waals surface area (Å²) in [5, 5.41) is 5.73. The van der Waals surface area contributed by atoms with Crippen molar-refractivity contribution in [2.75, 3.05) is 26.2 Å². The number of carbonyl (C=O) groups excluding carboxylic acids is 3. The van der Waals surface area contributed by atoms with Crippen LogP contribution in [0, 0.1) is 5.41 Å². The summed E-state index contributed by atoms with van der Waals surface area (Å²) in [6.07, 6.45) is 2.41. The van der Waals surface area contributed by atoms with Crippen molar-refractivity contribution in [3.05, 3.63) is 35.9 Å². The molecule has 0 aliphatic carbocycles. The third-order valence-corrected chi connectivity index (χ3v) is 5.57. The lowest BCUT2D eigenvalue weighted by Crippen LogP contribution is -2.55. The molecule has 2 amide bonds. The Bertz CT molecular complexity index is 753. The second kappa shape index (κ2) is 9.71. The molecule has 30 heavy (non-hydrogen) atoms. The van der Waals surface area contributed by atoms with Gasteiger partial charge in [0.1, 0.15) is 18.7 Å². The van der Waals surface area contributed by atoms with Crippen molar-refractivity contribution in [1.29, 1.82) is 0 Å². The van der Waals surface area contributed by atoms with Gasteiger partial charge in [-0.05, 0) is 49.9 Å². The SMILES string of the molecule is CC(C)(C)C[C@H](NC(=O)c1ccccc1)C(=O)NC1C(=O)COC1CN1CCCC1. The van der Waals surface area contributed by atoms with E-state index in [1.807, 2.05) is 26.8 Å². The molecule has 2 aliphatic heterocycles. The van der Waals surface area contributed by atoms with Crippen LogP contribution in [-0.2, 0) is 14.3 Å². The fourth-order valence-corrected chi connectivity index (χ4v) is 4.04. The number of nitrogens with one attached hydrogen (secondary N) is 2. The number of hydrogen-bond acceptors (Lipinski definition) is 5. The smallest absolute Gasteiger partial charge is 0.251 e. The van der Waals surface area contributed by atoms with Crippen molar-refractivity contribution in [1.82, 2.24) is 15.5 Å². The Morgan fingerprint density at radius 1 is 1.17 bits per heavy atom. The zero-order valence-corrected chi connectivity index (χ0v) is 18.1. The van der Waals surface area contributed by atoms with Crippen molar-refractivity contribution >= 4 is 17.6 Å². The first-order chi connectivity index (χ1) is 14.2. The number of nitrogens with zero attached hydrogens (tertiary/aromatic N) is 1. The van der Waals surface area contributed by atoms with E-state index in [1.165, 1.54) is 0 Å². The van der Waals surface area contributed by atoms with Crippen LogP contribution in [0.4, 0.5) is 0 Å². The average molecular weight is 416 g/mol. The summed E-state index contributed by atoms with van der Waals surface area (Å²) in [4.78, 5) is 40.4. The highest BCUT2D eigenvalue weighted by Crippen LogP contribution is 2.22. The normalized spacial score (nSPS) is 23.4. The Balaban J connectivity index is 1.68. The van der Waals surface area contributed by atoms with Gasteiger partial charge < -0.3 is 20.3 Å². The molecule has 7 nitrogen and oxygen atoms in total. The summed E-state index contributed by atoms with van der Waals surface area (Å²) in [7, 11) is 0. The van der Waals surface area contributed by atoms with E-state index >= 15 is 0 Å². The van der Waals surface area contributed by atoms with Crippen LogP contribution in [0.1, 0.15) is 50.4 Å². The predicted molar refractivity (Wildman–Crippen MR) is 114 cm³/mol. The lowest BCUT2D eigenvalue weighted by atomic mass is 9.87. The molecule has 164 valence electrons. The van der Waals surface area contributed by atoms with Crippen molar-refractivity contribution in [2.45, 2.75) is 58.2 Å². The molecule has 0 spiro atoms. The fraction of sp³-hybridized carbons (Fsp3) is 0.609. The Morgan fingerprint density at radius 3 is 2.47 bits per heavy atom. The number of hydrogen-bond donors (Lipinski definition) is 2. The maximum absolute atomic E-state index is 13.1. The standard InChI is InChI=1S/C23H33N3O4/c1-23(2,3)13-17(24-21(28)16-9-5-4-6-10-16)22(29)25-20-18(27)15-30-19(20)14-26-11-7-8-12-26/h4-6,9-10,17,19-20H,7-8,11-15H2,1-3H3,(H,24,28)(H,25,29)/t17-,19?,20?/m0/s1. The second-order valence-corrected chi connectivity index (χ2v) is 9.47. The topological polar surface area (TPSA) is 87.7 Å². The number of carbonyl (C=O) groups is 3. The van der Waals surface area contributed by atoms with E-state index in [1.54, 1.807) is 24.3 Å². The van der Waals surface area contributed by atoms with Gasteiger partial charge in [0.15, 0.2) is 5.78 Å². The van der Waals surface area contributed by atoms with Crippen LogP contribution in [0.3, 0.4) is 0 Å². The van der Waals surface area contributed by atoms with Crippen LogP contribution in [0.25, 0.3) is 0 Å². The Morgan fingerprint density at radius 2 is 1.83 bits per heavy atom. The zero-order valence-electron chi connectivity index (χ0n) is 18.1. The molecule has 0 saturated carbocycles. The molecular weight excluding hydrogens is 382 g/mol. The first kappa shape index (κ1) is 22.4. The van der Waals surface area contributed by atoms with E-state index < -0.39 is 12.1 Å². The molecule has 3 rings (SSSR count). The van der Waals surface area contributed by atoms with E-state index in [9.17, 15) is 14.4 Å². The molecule has 2 saturated heterocycles. The average Bonchev–Trinajstić information content (AvgIpc) is 3.32. The van der Waals surface area contributed by atoms with Crippen LogP contribution in [0.5, 0.6) is 0 Å². The number of amides is 2. The third kappa shape index (κ3) is 6.12. The number of rotatable bonds is 7. The van der Waals surface area contributed by atoms with Gasteiger partial charge in [-0.15, -0.1) is 0 Å². The van der Waals surface area contributed by atoms with Crippen LogP contribution in [0.15, 0.2) is 30.3 Å². The minimum Gasteiger partial charge on any atom is -0.366 e. The molecule has 7 heteroatoms. The summed E-state index contributed by atoms with van der Waals surface area (Å²) in [6, 6.07) is 7.41. The van der Waals surface area contributed by atoms with Gasteiger partial charge in [0, 0.05) is 12.1 Å². The summed E-state index contributed by atoms with van der Waals surface area (Å²) in [5.41, 5.74) is 0.313. The molecule has 3 atom stereocenters. The molecule has 0 aromatic heterocycles. The second-order valence-electron chi connectivity index (χ2n) is 9.47. The van der Waals surface area contributed by atoms with Gasteiger partial charge in [-0.3, -0.25) is 14.4 Å². The highest BCUT2D eigenvalue weighted by atomic mass is 16.5. The minimum absolute atomic E-state index is 0.0176. The quantitative estimate of drug-likeness (QED) is 0.709. The first-order valence-electron chi connectivity index (χ1n) is 10.8. The molecule has 2 fully saturated rings. The van der Waals surface area contributed by atoms with Gasteiger partial charge in [-0.2, -0.15) is 0 Å². The lowest BCUT2D eigenvalue weighted by molar-refractivity contribution is -0.128. The molecule has 0 radical (unpaired) electrons. The molecule has 1 aromatic rings. The minimum atomic E-state index is -0.737. The first-order valence-corrected chi connectivity index (χ1v) is 10.8. The van der Waals surface area contributed by atoms with Gasteiger partial charge in [0.2, 0.25) is 5.91 Å². The maximum atomic E-state index is 13.1. The van der Waals surface area contributed by atoms with Gasteiger partial charge in [0.05, 0.1) is 6.10 Å². The lowest BCUT2D eigenvalue weighted by Gasteiger charge is -2.29. The van der Waals surface area contributed by atoms with Crippen LogP contribution >= 0.6 is 0 Å². The largest absolute Gasteiger partial charge is 0.366 e. The van der Waals surface area contributed by atoms with Crippen molar-refractivity contribution in [3.63, 3.8) is 0 Å². The number of ketones is 1. The fourth-order valence-electron chi connectivity index (χ4n) is 4.04. The van der Waals surface area contributed by atoms with Crippen molar-refractivity contribution in [2.24, 2.45) is 5.41 Å². The number of Topliss-reactive ketones (excluding diaryl/α,β-unsaturated/α-hetero) is 1. The molecule has 2 heterocycles. The van der Waals surface area contributed by atoms with Crippen LogP contribution < -0.4 is 10.6 Å². The van der Waals surface area contributed by atoms with E-state index in [0.29, 0.717) is 18.5 Å². The van der Waals surface area contributed by atoms with Gasteiger partial charge >= 0.3 is 0 Å². The van der Waals surface area contributed by atoms with Crippen LogP contribution in [0.2, 0.25) is 0 Å². The summed E-state index contributed by atoms with van der Waals surface area (Å²) >= 11 is 0. The molecule has 2 N–H and O–H groups in total. The molecular formula is C23H33N3O4. The highest BCUT2D eigenvalue weighted by Gasteiger charge is 2.40. The van der Waals surface area contributed by atoms with Gasteiger partial charge in [-0.1, -0.05) is 39.0 Å². The predicted octanol–water partition coefficient (Wildman–Crippen LogP) is 1.77. The monoisotopic (exact) mass is 415 g/mol. The third-order valence-electron chi connectivity index (χ3n) is 5.57. The Kier molecular flexibility index (Phi) is 7.26. The van der Waals surface area contributed by atoms with Crippen molar-refractivity contribution in [3.8, 4) is 0 Å². The number of ether oxygens (including phenoxy) is 1. The van der Waals surface area contributed by atoms with Gasteiger partial charge in [0.25, 0.3) is 5.91 Å². The van der Waals surface area contributed by atoms with E-state index in [2.05, 4.69) is 15.5 Å². The molecule has 1 aromatic carbocycles. The van der Waals surface area contributed by atoms with E-state index in [0.717, 1.165) is 25.9 Å². The van der Waals surface area contributed by atoms with E-state index in [-0.39, 0.29) is 35.7 Å². The summed E-state index contributed by atoms with van der Waals surface area (Å²) in [6.45, 7) is 8.69. The Labute approximate surface area is 178 Å². The zero-order chi connectivity index (χ0) is 21.7. The number of benzene rings is 1. The maximum Gasteiger partial charge on any atom is 0.251 e. The summed E-state index contributed by atoms with van der Waals surface area (Å²) < 4.78 is 5.68. The molecule has 0 bridgehead atoms. The Hall–Kier alpha value is -2.25. The van der Waals surface area contributed by atoms with Gasteiger partial charge in [-0.25, -0.2) is 0 Å². The van der Waals surface area contributed by atoms with E-state index in [4.69, 9.17) is 4.74 Å².